The molecule has 0 spiro atoms. The van der Waals surface area contributed by atoms with Gasteiger partial charge in [-0.05, 0) is 53.6 Å². The molecule has 9 heteroatoms. The van der Waals surface area contributed by atoms with Gasteiger partial charge in [0.25, 0.3) is 0 Å². The minimum Gasteiger partial charge on any atom is -0.449 e. The van der Waals surface area contributed by atoms with Gasteiger partial charge in [-0.3, -0.25) is 0 Å². The number of imidazole rings is 1. The van der Waals surface area contributed by atoms with Crippen LogP contribution in [0.25, 0.3) is 11.0 Å². The summed E-state index contributed by atoms with van der Waals surface area (Å²) < 4.78 is 15.1. The van der Waals surface area contributed by atoms with E-state index in [0.29, 0.717) is 11.9 Å². The van der Waals surface area contributed by atoms with E-state index in [1.54, 1.807) is 18.0 Å². The number of nitrogens with one attached hydrogen (secondary N) is 1. The fourth-order valence-electron chi connectivity index (χ4n) is 3.71. The maximum absolute atomic E-state index is 6.14. The van der Waals surface area contributed by atoms with E-state index in [1.807, 2.05) is 32.0 Å². The Labute approximate surface area is 202 Å². The zero-order valence-electron chi connectivity index (χ0n) is 18.2. The molecular weight excluding hydrogens is 525 g/mol. The van der Waals surface area contributed by atoms with Gasteiger partial charge in [-0.15, -0.1) is 0 Å². The van der Waals surface area contributed by atoms with Crippen molar-refractivity contribution in [3.8, 4) is 11.5 Å². The van der Waals surface area contributed by atoms with Crippen molar-refractivity contribution in [2.24, 2.45) is 0 Å². The van der Waals surface area contributed by atoms with E-state index in [9.17, 15) is 0 Å². The maximum Gasteiger partial charge on any atom is 0.246 e. The van der Waals surface area contributed by atoms with Crippen LogP contribution in [0.2, 0.25) is 0 Å². The van der Waals surface area contributed by atoms with E-state index in [0.717, 1.165) is 62.1 Å². The predicted octanol–water partition coefficient (Wildman–Crippen LogP) is 5.30. The SMILES string of the molecule is CCC(CC)NCCn1c(Sc2cc3c(cc2I)OC(C)(C)O3)nc2c(N)nccc21.[HH]. The van der Waals surface area contributed by atoms with Crippen LogP contribution in [0, 0.1) is 3.57 Å². The van der Waals surface area contributed by atoms with E-state index in [4.69, 9.17) is 20.2 Å². The Morgan fingerprint density at radius 1 is 1.26 bits per heavy atom. The largest absolute Gasteiger partial charge is 0.449 e. The van der Waals surface area contributed by atoms with Crippen molar-refractivity contribution < 1.29 is 10.9 Å². The highest BCUT2D eigenvalue weighted by molar-refractivity contribution is 14.1. The van der Waals surface area contributed by atoms with Crippen LogP contribution in [0.5, 0.6) is 11.5 Å². The second-order valence-corrected chi connectivity index (χ2v) is 10.2. The van der Waals surface area contributed by atoms with Crippen molar-refractivity contribution >= 4 is 51.2 Å². The first-order valence-electron chi connectivity index (χ1n) is 10.5. The Balaban J connectivity index is 0.00000289. The molecule has 31 heavy (non-hydrogen) atoms. The molecule has 0 aliphatic carbocycles. The Hall–Kier alpha value is -1.72. The molecule has 0 amide bonds. The number of rotatable bonds is 8. The molecule has 0 saturated carbocycles. The molecule has 4 rings (SSSR count). The van der Waals surface area contributed by atoms with Crippen LogP contribution in [0.3, 0.4) is 0 Å². The summed E-state index contributed by atoms with van der Waals surface area (Å²) in [6.07, 6.45) is 3.97. The van der Waals surface area contributed by atoms with E-state index < -0.39 is 5.79 Å². The summed E-state index contributed by atoms with van der Waals surface area (Å²) in [5.74, 6) is 1.33. The van der Waals surface area contributed by atoms with Crippen LogP contribution in [0.4, 0.5) is 5.82 Å². The zero-order valence-corrected chi connectivity index (χ0v) is 21.2. The average Bonchev–Trinajstić information content (AvgIpc) is 3.22. The molecule has 3 heterocycles. The Morgan fingerprint density at radius 3 is 2.68 bits per heavy atom. The Bertz CT molecular complexity index is 1100. The van der Waals surface area contributed by atoms with Crippen molar-refractivity contribution in [2.75, 3.05) is 12.3 Å². The van der Waals surface area contributed by atoms with Crippen molar-refractivity contribution in [2.45, 2.75) is 69.0 Å². The smallest absolute Gasteiger partial charge is 0.246 e. The lowest BCUT2D eigenvalue weighted by molar-refractivity contribution is -0.0432. The number of halogens is 1. The summed E-state index contributed by atoms with van der Waals surface area (Å²) in [4.78, 5) is 10.1. The molecule has 0 radical (unpaired) electrons. The number of hydrogen-bond acceptors (Lipinski definition) is 7. The monoisotopic (exact) mass is 555 g/mol. The molecule has 1 aliphatic heterocycles. The van der Waals surface area contributed by atoms with Gasteiger partial charge in [-0.2, -0.15) is 0 Å². The first-order valence-corrected chi connectivity index (χ1v) is 12.4. The lowest BCUT2D eigenvalue weighted by Crippen LogP contribution is -2.30. The number of ether oxygens (including phenoxy) is 2. The van der Waals surface area contributed by atoms with Crippen LogP contribution in [0.15, 0.2) is 34.4 Å². The van der Waals surface area contributed by atoms with Crippen molar-refractivity contribution in [3.05, 3.63) is 28.0 Å². The summed E-state index contributed by atoms with van der Waals surface area (Å²) in [7, 11) is 0. The lowest BCUT2D eigenvalue weighted by atomic mass is 10.2. The molecule has 7 nitrogen and oxygen atoms in total. The first-order chi connectivity index (χ1) is 14.8. The Morgan fingerprint density at radius 2 is 1.97 bits per heavy atom. The molecule has 168 valence electrons. The van der Waals surface area contributed by atoms with Crippen LogP contribution in [-0.2, 0) is 6.54 Å². The van der Waals surface area contributed by atoms with Crippen molar-refractivity contribution in [1.82, 2.24) is 19.9 Å². The van der Waals surface area contributed by atoms with E-state index >= 15 is 0 Å². The zero-order chi connectivity index (χ0) is 22.2. The number of nitrogens with zero attached hydrogens (tertiary/aromatic N) is 3. The van der Waals surface area contributed by atoms with Gasteiger partial charge in [0.05, 0.1) is 5.52 Å². The summed E-state index contributed by atoms with van der Waals surface area (Å²) in [5.41, 5.74) is 7.87. The fourth-order valence-corrected chi connectivity index (χ4v) is 5.43. The van der Waals surface area contributed by atoms with E-state index in [2.05, 4.69) is 51.3 Å². The van der Waals surface area contributed by atoms with E-state index in [1.165, 1.54) is 0 Å². The van der Waals surface area contributed by atoms with Gasteiger partial charge in [0.15, 0.2) is 22.5 Å². The van der Waals surface area contributed by atoms with Crippen LogP contribution in [0.1, 0.15) is 42.0 Å². The Kier molecular flexibility index (Phi) is 6.55. The number of benzene rings is 1. The quantitative estimate of drug-likeness (QED) is 0.365. The van der Waals surface area contributed by atoms with E-state index in [-0.39, 0.29) is 1.43 Å². The molecule has 1 aromatic carbocycles. The van der Waals surface area contributed by atoms with Crippen molar-refractivity contribution in [1.29, 1.82) is 0 Å². The summed E-state index contributed by atoms with van der Waals surface area (Å²) in [5, 5.41) is 4.53. The number of nitrogens with two attached hydrogens (primary N) is 1. The average molecular weight is 555 g/mol. The number of anilines is 1. The minimum atomic E-state index is -0.650. The third kappa shape index (κ3) is 4.73. The van der Waals surface area contributed by atoms with Gasteiger partial charge in [0, 0.05) is 49.1 Å². The molecule has 0 fully saturated rings. The molecule has 0 unspecified atom stereocenters. The molecule has 0 bridgehead atoms. The van der Waals surface area contributed by atoms with Gasteiger partial charge in [-0.1, -0.05) is 25.6 Å². The summed E-state index contributed by atoms with van der Waals surface area (Å²) in [6, 6.07) is 6.55. The molecular formula is C22H30IN5O2S. The van der Waals surface area contributed by atoms with Crippen LogP contribution >= 0.6 is 34.4 Å². The molecule has 1 aliphatic rings. The minimum absolute atomic E-state index is 0. The number of fused-ring (bicyclic) bond motifs is 2. The third-order valence-corrected chi connectivity index (χ3v) is 7.64. The summed E-state index contributed by atoms with van der Waals surface area (Å²) >= 11 is 3.94. The van der Waals surface area contributed by atoms with Crippen molar-refractivity contribution in [3.63, 3.8) is 0 Å². The number of hydrogen-bond donors (Lipinski definition) is 2. The number of pyridine rings is 1. The number of aromatic nitrogens is 3. The predicted molar refractivity (Wildman–Crippen MR) is 135 cm³/mol. The third-order valence-electron chi connectivity index (χ3n) is 5.33. The second kappa shape index (κ2) is 9.03. The maximum atomic E-state index is 6.14. The molecule has 0 saturated heterocycles. The van der Waals surface area contributed by atoms with Crippen LogP contribution in [-0.4, -0.2) is 32.9 Å². The van der Waals surface area contributed by atoms with Crippen LogP contribution < -0.4 is 20.5 Å². The van der Waals surface area contributed by atoms with Gasteiger partial charge < -0.3 is 25.1 Å². The van der Waals surface area contributed by atoms with Gasteiger partial charge in [0.2, 0.25) is 5.79 Å². The summed E-state index contributed by atoms with van der Waals surface area (Å²) in [6.45, 7) is 9.91. The highest BCUT2D eigenvalue weighted by atomic mass is 127. The molecule has 3 N–H and O–H groups in total. The molecule has 3 aromatic rings. The van der Waals surface area contributed by atoms with Gasteiger partial charge >= 0.3 is 0 Å². The lowest BCUT2D eigenvalue weighted by Gasteiger charge is -2.16. The van der Waals surface area contributed by atoms with Gasteiger partial charge in [-0.25, -0.2) is 9.97 Å². The highest BCUT2D eigenvalue weighted by Crippen LogP contribution is 2.45. The standard InChI is InChI=1S/C22H28IN5O2S.H2/c1-5-13(6-2)25-9-10-28-15-7-8-26-20(24)19(15)27-21(28)31-18-12-17-16(11-14(18)23)29-22(3,4)30-17;/h7-8,11-13,25H,5-6,9-10H2,1-4H3,(H2,24,26);1H. The molecule has 0 atom stereocenters. The highest BCUT2D eigenvalue weighted by Gasteiger charge is 2.32. The fraction of sp³-hybridized carbons (Fsp3) is 0.455. The second-order valence-electron chi connectivity index (χ2n) is 8.01. The first kappa shape index (κ1) is 22.5. The number of nitrogen functional groups attached to an aromatic ring is 1. The van der Waals surface area contributed by atoms with Gasteiger partial charge in [0.1, 0.15) is 5.52 Å². The topological polar surface area (TPSA) is 87.2 Å². The molecule has 2 aromatic heterocycles. The normalized spacial score (nSPS) is 14.6.